The predicted molar refractivity (Wildman–Crippen MR) is 67.9 cm³/mol. The van der Waals surface area contributed by atoms with Crippen LogP contribution in [0.3, 0.4) is 0 Å². The van der Waals surface area contributed by atoms with E-state index >= 15 is 0 Å². The van der Waals surface area contributed by atoms with Gasteiger partial charge in [0.15, 0.2) is 11.5 Å². The quantitative estimate of drug-likeness (QED) is 0.774. The standard InChI is InChI=1S/C13H19NO4/c1-3-18-11-6-4-5-10(13(11)17)9-14(2)8-7-12(15)16/h4-6,17H,3,7-9H2,1-2H3,(H,15,16). The molecule has 0 spiro atoms. The number of nitrogens with zero attached hydrogens (tertiary/aromatic N) is 1. The molecule has 0 saturated heterocycles. The zero-order valence-electron chi connectivity index (χ0n) is 10.7. The van der Waals surface area contributed by atoms with Crippen LogP contribution in [0.25, 0.3) is 0 Å². The lowest BCUT2D eigenvalue weighted by Gasteiger charge is -2.17. The highest BCUT2D eigenvalue weighted by Crippen LogP contribution is 2.30. The first-order valence-corrected chi connectivity index (χ1v) is 5.88. The van der Waals surface area contributed by atoms with E-state index in [2.05, 4.69) is 0 Å². The van der Waals surface area contributed by atoms with Gasteiger partial charge in [-0.05, 0) is 20.0 Å². The van der Waals surface area contributed by atoms with Crippen molar-refractivity contribution in [3.8, 4) is 11.5 Å². The number of carbonyl (C=O) groups is 1. The van der Waals surface area contributed by atoms with E-state index in [1.165, 1.54) is 0 Å². The Morgan fingerprint density at radius 3 is 2.78 bits per heavy atom. The van der Waals surface area contributed by atoms with Crippen molar-refractivity contribution < 1.29 is 19.7 Å². The molecular weight excluding hydrogens is 234 g/mol. The highest BCUT2D eigenvalue weighted by Gasteiger charge is 2.10. The van der Waals surface area contributed by atoms with Crippen molar-refractivity contribution in [2.24, 2.45) is 0 Å². The molecule has 18 heavy (non-hydrogen) atoms. The van der Waals surface area contributed by atoms with Gasteiger partial charge in [0.25, 0.3) is 0 Å². The number of rotatable bonds is 7. The first-order valence-electron chi connectivity index (χ1n) is 5.88. The first kappa shape index (κ1) is 14.3. The highest BCUT2D eigenvalue weighted by atomic mass is 16.5. The molecule has 5 heteroatoms. The molecule has 0 aliphatic carbocycles. The van der Waals surface area contributed by atoms with Gasteiger partial charge < -0.3 is 19.8 Å². The molecule has 0 unspecified atom stereocenters. The predicted octanol–water partition coefficient (Wildman–Crippen LogP) is 1.70. The lowest BCUT2D eigenvalue weighted by atomic mass is 10.1. The van der Waals surface area contributed by atoms with Gasteiger partial charge in [0.2, 0.25) is 0 Å². The number of hydrogen-bond acceptors (Lipinski definition) is 4. The summed E-state index contributed by atoms with van der Waals surface area (Å²) in [4.78, 5) is 12.3. The maximum absolute atomic E-state index is 10.5. The van der Waals surface area contributed by atoms with Crippen LogP contribution in [0.2, 0.25) is 0 Å². The topological polar surface area (TPSA) is 70.0 Å². The number of phenolic OH excluding ortho intramolecular Hbond substituents is 1. The molecule has 0 aliphatic rings. The second-order valence-corrected chi connectivity index (χ2v) is 4.08. The van der Waals surface area contributed by atoms with Crippen LogP contribution in [-0.2, 0) is 11.3 Å². The summed E-state index contributed by atoms with van der Waals surface area (Å²) in [5.41, 5.74) is 0.730. The molecule has 100 valence electrons. The highest BCUT2D eigenvalue weighted by molar-refractivity contribution is 5.66. The maximum Gasteiger partial charge on any atom is 0.304 e. The summed E-state index contributed by atoms with van der Waals surface area (Å²) in [6.07, 6.45) is 0.0857. The molecule has 0 aromatic heterocycles. The molecule has 1 aromatic rings. The monoisotopic (exact) mass is 253 g/mol. The van der Waals surface area contributed by atoms with E-state index < -0.39 is 5.97 Å². The van der Waals surface area contributed by atoms with Crippen LogP contribution in [-0.4, -0.2) is 41.3 Å². The number of benzene rings is 1. The van der Waals surface area contributed by atoms with E-state index in [9.17, 15) is 9.90 Å². The van der Waals surface area contributed by atoms with Crippen molar-refractivity contribution in [2.75, 3.05) is 20.2 Å². The average Bonchev–Trinajstić information content (AvgIpc) is 2.32. The Bertz CT molecular complexity index is 406. The smallest absolute Gasteiger partial charge is 0.304 e. The van der Waals surface area contributed by atoms with Crippen molar-refractivity contribution in [2.45, 2.75) is 19.9 Å². The fraction of sp³-hybridized carbons (Fsp3) is 0.462. The number of aromatic hydroxyl groups is 1. The normalized spacial score (nSPS) is 10.6. The third-order valence-corrected chi connectivity index (χ3v) is 2.53. The van der Waals surface area contributed by atoms with Gasteiger partial charge in [-0.1, -0.05) is 12.1 Å². The van der Waals surface area contributed by atoms with Gasteiger partial charge in [-0.3, -0.25) is 4.79 Å². The molecule has 0 amide bonds. The minimum Gasteiger partial charge on any atom is -0.504 e. The van der Waals surface area contributed by atoms with Crippen molar-refractivity contribution in [1.29, 1.82) is 0 Å². The molecule has 0 atom stereocenters. The van der Waals surface area contributed by atoms with Gasteiger partial charge in [0.05, 0.1) is 13.0 Å². The Kier molecular flexibility index (Phi) is 5.45. The summed E-state index contributed by atoms with van der Waals surface area (Å²) in [5, 5.41) is 18.6. The summed E-state index contributed by atoms with van der Waals surface area (Å²) < 4.78 is 5.29. The number of carboxylic acids is 1. The van der Waals surface area contributed by atoms with E-state index in [0.717, 1.165) is 5.56 Å². The Balaban J connectivity index is 2.66. The van der Waals surface area contributed by atoms with E-state index in [0.29, 0.717) is 25.4 Å². The van der Waals surface area contributed by atoms with E-state index in [1.807, 2.05) is 24.9 Å². The molecule has 0 fully saturated rings. The summed E-state index contributed by atoms with van der Waals surface area (Å²) in [7, 11) is 1.82. The Hall–Kier alpha value is -1.75. The minimum absolute atomic E-state index is 0.0857. The van der Waals surface area contributed by atoms with Gasteiger partial charge in [-0.25, -0.2) is 0 Å². The number of hydrogen-bond donors (Lipinski definition) is 2. The first-order chi connectivity index (χ1) is 8.54. The van der Waals surface area contributed by atoms with Gasteiger partial charge in [-0.15, -0.1) is 0 Å². The SMILES string of the molecule is CCOc1cccc(CN(C)CCC(=O)O)c1O. The molecule has 0 saturated carbocycles. The number of phenols is 1. The average molecular weight is 253 g/mol. The molecule has 2 N–H and O–H groups in total. The van der Waals surface area contributed by atoms with E-state index in [-0.39, 0.29) is 12.2 Å². The molecule has 0 radical (unpaired) electrons. The molecule has 0 heterocycles. The molecule has 5 nitrogen and oxygen atoms in total. The van der Waals surface area contributed by atoms with Crippen molar-refractivity contribution in [1.82, 2.24) is 4.90 Å². The second-order valence-electron chi connectivity index (χ2n) is 4.08. The fourth-order valence-electron chi connectivity index (χ4n) is 1.62. The van der Waals surface area contributed by atoms with Crippen molar-refractivity contribution in [3.63, 3.8) is 0 Å². The number of carboxylic acid groups (broad SMARTS) is 1. The van der Waals surface area contributed by atoms with Crippen LogP contribution in [0.1, 0.15) is 18.9 Å². The zero-order valence-corrected chi connectivity index (χ0v) is 10.7. The largest absolute Gasteiger partial charge is 0.504 e. The number of aliphatic carboxylic acids is 1. The third kappa shape index (κ3) is 4.25. The Labute approximate surface area is 107 Å². The number of ether oxygens (including phenoxy) is 1. The lowest BCUT2D eigenvalue weighted by molar-refractivity contribution is -0.137. The second kappa shape index (κ2) is 6.86. The molecule has 1 aromatic carbocycles. The van der Waals surface area contributed by atoms with Crippen molar-refractivity contribution >= 4 is 5.97 Å². The summed E-state index contributed by atoms with van der Waals surface area (Å²) in [6.45, 7) is 3.27. The van der Waals surface area contributed by atoms with E-state index in [4.69, 9.17) is 9.84 Å². The molecule has 1 rings (SSSR count). The maximum atomic E-state index is 10.5. The van der Waals surface area contributed by atoms with Gasteiger partial charge in [0, 0.05) is 18.7 Å². The van der Waals surface area contributed by atoms with Gasteiger partial charge in [0.1, 0.15) is 0 Å². The van der Waals surface area contributed by atoms with Crippen LogP contribution in [0.15, 0.2) is 18.2 Å². The van der Waals surface area contributed by atoms with Crippen LogP contribution in [0, 0.1) is 0 Å². The summed E-state index contributed by atoms with van der Waals surface area (Å²) >= 11 is 0. The van der Waals surface area contributed by atoms with Crippen molar-refractivity contribution in [3.05, 3.63) is 23.8 Å². The zero-order chi connectivity index (χ0) is 13.5. The van der Waals surface area contributed by atoms with Gasteiger partial charge in [-0.2, -0.15) is 0 Å². The number of para-hydroxylation sites is 1. The Morgan fingerprint density at radius 1 is 1.44 bits per heavy atom. The Morgan fingerprint density at radius 2 is 2.17 bits per heavy atom. The van der Waals surface area contributed by atoms with Crippen LogP contribution < -0.4 is 4.74 Å². The van der Waals surface area contributed by atoms with Gasteiger partial charge >= 0.3 is 5.97 Å². The molecule has 0 aliphatic heterocycles. The summed E-state index contributed by atoms with van der Waals surface area (Å²) in [6, 6.07) is 5.32. The van der Waals surface area contributed by atoms with Crippen LogP contribution in [0.5, 0.6) is 11.5 Å². The van der Waals surface area contributed by atoms with E-state index in [1.54, 1.807) is 12.1 Å². The summed E-state index contributed by atoms with van der Waals surface area (Å²) in [5.74, 6) is -0.239. The fourth-order valence-corrected chi connectivity index (χ4v) is 1.62. The molecular formula is C13H19NO4. The molecule has 0 bridgehead atoms. The third-order valence-electron chi connectivity index (χ3n) is 2.53. The van der Waals surface area contributed by atoms with Crippen LogP contribution in [0.4, 0.5) is 0 Å². The van der Waals surface area contributed by atoms with Crippen LogP contribution >= 0.6 is 0 Å². The minimum atomic E-state index is -0.825. The lowest BCUT2D eigenvalue weighted by Crippen LogP contribution is -2.21.